The van der Waals surface area contributed by atoms with Crippen LogP contribution in [0, 0.1) is 0 Å². The van der Waals surface area contributed by atoms with Crippen LogP contribution in [-0.4, -0.2) is 31.0 Å². The molecule has 5 aromatic rings. The predicted octanol–water partition coefficient (Wildman–Crippen LogP) is 5.91. The topological polar surface area (TPSA) is 58.3 Å². The molecule has 4 aromatic carbocycles. The summed E-state index contributed by atoms with van der Waals surface area (Å²) in [4.78, 5) is 4.96. The fourth-order valence-corrected chi connectivity index (χ4v) is 4.18. The zero-order chi connectivity index (χ0) is 23.2. The second-order valence-electron chi connectivity index (χ2n) is 9.50. The van der Waals surface area contributed by atoms with Gasteiger partial charge in [-0.25, -0.2) is 4.98 Å². The molecule has 0 amide bonds. The van der Waals surface area contributed by atoms with E-state index in [1.54, 1.807) is 20.8 Å². The number of para-hydroxylation sites is 2. The predicted molar refractivity (Wildman–Crippen MR) is 135 cm³/mol. The van der Waals surface area contributed by atoms with Gasteiger partial charge in [-0.3, -0.25) is 4.57 Å². The van der Waals surface area contributed by atoms with Crippen LogP contribution in [0.2, 0.25) is 0 Å². The lowest BCUT2D eigenvalue weighted by Crippen LogP contribution is -2.49. The Hall–Kier alpha value is -3.47. The first-order chi connectivity index (χ1) is 15.7. The summed E-state index contributed by atoms with van der Waals surface area (Å²) in [6.45, 7) is 4.93. The van der Waals surface area contributed by atoms with Crippen molar-refractivity contribution in [1.82, 2.24) is 9.55 Å². The van der Waals surface area contributed by atoms with Gasteiger partial charge in [0, 0.05) is 17.7 Å². The van der Waals surface area contributed by atoms with Gasteiger partial charge in [-0.1, -0.05) is 66.7 Å². The van der Waals surface area contributed by atoms with E-state index in [-0.39, 0.29) is 0 Å². The first kappa shape index (κ1) is 21.4. The second kappa shape index (κ2) is 7.84. The van der Waals surface area contributed by atoms with Gasteiger partial charge in [0.25, 0.3) is 0 Å². The lowest BCUT2D eigenvalue weighted by Gasteiger charge is -2.35. The summed E-state index contributed by atoms with van der Waals surface area (Å²) >= 11 is 0. The van der Waals surface area contributed by atoms with Gasteiger partial charge < -0.3 is 10.2 Å². The molecule has 0 fully saturated rings. The second-order valence-corrected chi connectivity index (χ2v) is 9.50. The van der Waals surface area contributed by atoms with Crippen molar-refractivity contribution in [2.45, 2.75) is 38.4 Å². The molecule has 5 rings (SSSR count). The maximum atomic E-state index is 10.7. The lowest BCUT2D eigenvalue weighted by molar-refractivity contribution is -0.118. The third-order valence-corrected chi connectivity index (χ3v) is 6.63. The molecule has 1 unspecified atom stereocenters. The van der Waals surface area contributed by atoms with Crippen LogP contribution >= 0.6 is 0 Å². The van der Waals surface area contributed by atoms with E-state index < -0.39 is 11.2 Å². The van der Waals surface area contributed by atoms with Gasteiger partial charge in [-0.05, 0) is 61.4 Å². The molecule has 0 aliphatic rings. The Kier molecular flexibility index (Phi) is 5.08. The zero-order valence-corrected chi connectivity index (χ0v) is 19.2. The first-order valence-electron chi connectivity index (χ1n) is 11.2. The van der Waals surface area contributed by atoms with E-state index in [0.29, 0.717) is 6.42 Å². The molecule has 0 saturated carbocycles. The van der Waals surface area contributed by atoms with Crippen LogP contribution in [0.4, 0.5) is 0 Å². The lowest BCUT2D eigenvalue weighted by atomic mass is 9.82. The summed E-state index contributed by atoms with van der Waals surface area (Å²) in [6, 6.07) is 31.1. The minimum Gasteiger partial charge on any atom is -0.387 e. The summed E-state index contributed by atoms with van der Waals surface area (Å²) in [7, 11) is 0. The molecule has 4 nitrogen and oxygen atoms in total. The molecule has 0 aliphatic heterocycles. The van der Waals surface area contributed by atoms with E-state index in [1.165, 1.54) is 10.8 Å². The third kappa shape index (κ3) is 3.92. The maximum Gasteiger partial charge on any atom is 0.145 e. The Bertz CT molecular complexity index is 1440. The van der Waals surface area contributed by atoms with Crippen molar-refractivity contribution in [2.75, 3.05) is 0 Å². The average Bonchev–Trinajstić information content (AvgIpc) is 3.18. The van der Waals surface area contributed by atoms with E-state index in [9.17, 15) is 10.2 Å². The van der Waals surface area contributed by atoms with E-state index >= 15 is 0 Å². The quantitative estimate of drug-likeness (QED) is 0.360. The van der Waals surface area contributed by atoms with Gasteiger partial charge in [0.05, 0.1) is 22.2 Å². The summed E-state index contributed by atoms with van der Waals surface area (Å²) in [5.41, 5.74) is 2.57. The monoisotopic (exact) mass is 436 g/mol. The number of hydrogen-bond donors (Lipinski definition) is 2. The minimum absolute atomic E-state index is 0.359. The van der Waals surface area contributed by atoms with Gasteiger partial charge in [-0.15, -0.1) is 0 Å². The van der Waals surface area contributed by atoms with E-state index in [4.69, 9.17) is 4.98 Å². The Morgan fingerprint density at radius 2 is 1.42 bits per heavy atom. The molecule has 1 heterocycles. The fraction of sp³-hybridized carbons (Fsp3) is 0.207. The van der Waals surface area contributed by atoms with Crippen LogP contribution in [0.5, 0.6) is 0 Å². The summed E-state index contributed by atoms with van der Waals surface area (Å²) in [5, 5.41) is 23.4. The largest absolute Gasteiger partial charge is 0.387 e. The zero-order valence-electron chi connectivity index (χ0n) is 19.2. The van der Waals surface area contributed by atoms with Gasteiger partial charge in [0.15, 0.2) is 0 Å². The van der Waals surface area contributed by atoms with Crippen LogP contribution in [0.1, 0.15) is 26.3 Å². The van der Waals surface area contributed by atoms with Crippen molar-refractivity contribution in [1.29, 1.82) is 0 Å². The van der Waals surface area contributed by atoms with Crippen LogP contribution in [0.25, 0.3) is 38.9 Å². The van der Waals surface area contributed by atoms with Gasteiger partial charge in [0.2, 0.25) is 0 Å². The molecular formula is C29H28N2O2. The van der Waals surface area contributed by atoms with Crippen LogP contribution in [-0.2, 0) is 6.42 Å². The Balaban J connectivity index is 1.60. The molecular weight excluding hydrogens is 408 g/mol. The van der Waals surface area contributed by atoms with Crippen molar-refractivity contribution in [2.24, 2.45) is 0 Å². The molecule has 0 aliphatic carbocycles. The number of imidazole rings is 1. The molecule has 0 radical (unpaired) electrons. The molecule has 1 aromatic heterocycles. The molecule has 33 heavy (non-hydrogen) atoms. The van der Waals surface area contributed by atoms with Gasteiger partial charge in [-0.2, -0.15) is 0 Å². The molecule has 0 saturated heterocycles. The molecule has 1 atom stereocenters. The Morgan fingerprint density at radius 1 is 0.758 bits per heavy atom. The van der Waals surface area contributed by atoms with Gasteiger partial charge >= 0.3 is 0 Å². The maximum absolute atomic E-state index is 10.7. The van der Waals surface area contributed by atoms with Crippen LogP contribution < -0.4 is 0 Å². The van der Waals surface area contributed by atoms with Crippen molar-refractivity contribution >= 4 is 21.8 Å². The highest BCUT2D eigenvalue weighted by Gasteiger charge is 2.37. The van der Waals surface area contributed by atoms with Crippen LogP contribution in [0.3, 0.4) is 0 Å². The van der Waals surface area contributed by atoms with Gasteiger partial charge in [0.1, 0.15) is 5.82 Å². The van der Waals surface area contributed by atoms with E-state index in [2.05, 4.69) is 53.1 Å². The average molecular weight is 437 g/mol. The highest BCUT2D eigenvalue weighted by atomic mass is 16.3. The Labute approximate surface area is 193 Å². The van der Waals surface area contributed by atoms with Crippen molar-refractivity contribution < 1.29 is 10.2 Å². The SMILES string of the molecule is CC(C)(O)C(C)(O)Cc1ccc(-c2nc3ccccc3n2-c2ccc3ccccc3c2)cc1. The van der Waals surface area contributed by atoms with Crippen molar-refractivity contribution in [3.05, 3.63) is 96.6 Å². The fourth-order valence-electron chi connectivity index (χ4n) is 4.18. The molecule has 0 bridgehead atoms. The molecule has 2 N–H and O–H groups in total. The number of aromatic nitrogens is 2. The molecule has 166 valence electrons. The number of rotatable bonds is 5. The smallest absolute Gasteiger partial charge is 0.145 e. The normalized spacial score (nSPS) is 14.0. The molecule has 4 heteroatoms. The number of benzene rings is 4. The summed E-state index contributed by atoms with van der Waals surface area (Å²) in [5.74, 6) is 0.868. The van der Waals surface area contributed by atoms with E-state index in [0.717, 1.165) is 33.7 Å². The number of hydrogen-bond acceptors (Lipinski definition) is 3. The first-order valence-corrected chi connectivity index (χ1v) is 11.2. The molecule has 0 spiro atoms. The van der Waals surface area contributed by atoms with Crippen molar-refractivity contribution in [3.63, 3.8) is 0 Å². The number of aliphatic hydroxyl groups is 2. The third-order valence-electron chi connectivity index (χ3n) is 6.63. The van der Waals surface area contributed by atoms with E-state index in [1.807, 2.05) is 42.5 Å². The number of fused-ring (bicyclic) bond motifs is 2. The highest BCUT2D eigenvalue weighted by Crippen LogP contribution is 2.31. The summed E-state index contributed by atoms with van der Waals surface area (Å²) < 4.78 is 2.20. The minimum atomic E-state index is -1.23. The Morgan fingerprint density at radius 3 is 2.15 bits per heavy atom. The number of nitrogens with zero attached hydrogens (tertiary/aromatic N) is 2. The standard InChI is InChI=1S/C29H28N2O2/c1-28(2,32)29(3,33)19-20-12-14-22(15-13-20)27-30-25-10-6-7-11-26(25)31(27)24-17-16-21-8-4-5-9-23(21)18-24/h4-18,32-33H,19H2,1-3H3. The van der Waals surface area contributed by atoms with Crippen LogP contribution in [0.15, 0.2) is 91.0 Å². The van der Waals surface area contributed by atoms with Crippen molar-refractivity contribution in [3.8, 4) is 17.1 Å². The highest BCUT2D eigenvalue weighted by molar-refractivity contribution is 5.88. The summed E-state index contributed by atoms with van der Waals surface area (Å²) in [6.07, 6.45) is 0.359.